The number of rotatable bonds is 4. The van der Waals surface area contributed by atoms with Crippen molar-refractivity contribution in [2.24, 2.45) is 7.05 Å². The SMILES string of the molecule is CC(C)c1nc([C@H]2CCCN2Cc2ccn(C)c(=O)c2)no1. The minimum absolute atomic E-state index is 0.0231. The Balaban J connectivity index is 1.77. The Morgan fingerprint density at radius 3 is 2.95 bits per heavy atom. The predicted octanol–water partition coefficient (Wildman–Crippen LogP) is 2.23. The van der Waals surface area contributed by atoms with Crippen molar-refractivity contribution in [1.29, 1.82) is 0 Å². The van der Waals surface area contributed by atoms with Crippen molar-refractivity contribution < 1.29 is 4.52 Å². The molecule has 22 heavy (non-hydrogen) atoms. The average Bonchev–Trinajstić information content (AvgIpc) is 3.11. The van der Waals surface area contributed by atoms with Crippen LogP contribution >= 0.6 is 0 Å². The number of nitrogens with zero attached hydrogens (tertiary/aromatic N) is 4. The van der Waals surface area contributed by atoms with Crippen LogP contribution in [0.5, 0.6) is 0 Å². The van der Waals surface area contributed by atoms with Crippen LogP contribution in [0.1, 0.15) is 55.9 Å². The summed E-state index contributed by atoms with van der Waals surface area (Å²) in [6.07, 6.45) is 3.96. The van der Waals surface area contributed by atoms with Crippen LogP contribution in [-0.4, -0.2) is 26.2 Å². The van der Waals surface area contributed by atoms with Crippen LogP contribution in [0.2, 0.25) is 0 Å². The van der Waals surface area contributed by atoms with Crippen LogP contribution in [-0.2, 0) is 13.6 Å². The van der Waals surface area contributed by atoms with Gasteiger partial charge in [0, 0.05) is 31.8 Å². The van der Waals surface area contributed by atoms with E-state index >= 15 is 0 Å². The van der Waals surface area contributed by atoms with Gasteiger partial charge in [0.1, 0.15) is 0 Å². The van der Waals surface area contributed by atoms with Crippen molar-refractivity contribution >= 4 is 0 Å². The van der Waals surface area contributed by atoms with Gasteiger partial charge in [-0.05, 0) is 31.0 Å². The molecule has 2 aromatic heterocycles. The third-order valence-electron chi connectivity index (χ3n) is 4.17. The summed E-state index contributed by atoms with van der Waals surface area (Å²) in [4.78, 5) is 18.6. The third kappa shape index (κ3) is 2.97. The lowest BCUT2D eigenvalue weighted by atomic mass is 10.2. The quantitative estimate of drug-likeness (QED) is 0.866. The summed E-state index contributed by atoms with van der Waals surface area (Å²) in [5.41, 5.74) is 1.05. The van der Waals surface area contributed by atoms with Crippen LogP contribution in [0.3, 0.4) is 0 Å². The van der Waals surface area contributed by atoms with Gasteiger partial charge >= 0.3 is 0 Å². The van der Waals surface area contributed by atoms with Gasteiger partial charge in [-0.25, -0.2) is 0 Å². The lowest BCUT2D eigenvalue weighted by Crippen LogP contribution is -2.25. The fourth-order valence-electron chi connectivity index (χ4n) is 2.85. The third-order valence-corrected chi connectivity index (χ3v) is 4.17. The highest BCUT2D eigenvalue weighted by Crippen LogP contribution is 2.31. The second-order valence-electron chi connectivity index (χ2n) is 6.26. The van der Waals surface area contributed by atoms with Gasteiger partial charge in [-0.1, -0.05) is 19.0 Å². The summed E-state index contributed by atoms with van der Waals surface area (Å²) in [6, 6.07) is 3.87. The lowest BCUT2D eigenvalue weighted by Gasteiger charge is -2.21. The molecule has 2 aromatic rings. The van der Waals surface area contributed by atoms with Gasteiger partial charge in [-0.15, -0.1) is 0 Å². The standard InChI is InChI=1S/C16H22N4O2/c1-11(2)16-17-15(18-22-16)13-5-4-7-20(13)10-12-6-8-19(3)14(21)9-12/h6,8-9,11,13H,4-5,7,10H2,1-3H3/t13-/m1/s1. The van der Waals surface area contributed by atoms with Crippen LogP contribution < -0.4 is 5.56 Å². The van der Waals surface area contributed by atoms with E-state index in [0.29, 0.717) is 5.89 Å². The van der Waals surface area contributed by atoms with Gasteiger partial charge < -0.3 is 9.09 Å². The fraction of sp³-hybridized carbons (Fsp3) is 0.562. The molecule has 6 nitrogen and oxygen atoms in total. The number of aromatic nitrogens is 3. The Hall–Kier alpha value is -1.95. The highest BCUT2D eigenvalue weighted by molar-refractivity contribution is 5.12. The van der Waals surface area contributed by atoms with Gasteiger partial charge in [0.2, 0.25) is 5.89 Å². The average molecular weight is 302 g/mol. The highest BCUT2D eigenvalue weighted by atomic mass is 16.5. The van der Waals surface area contributed by atoms with Gasteiger partial charge in [0.15, 0.2) is 5.82 Å². The minimum Gasteiger partial charge on any atom is -0.339 e. The van der Waals surface area contributed by atoms with Crippen LogP contribution in [0.15, 0.2) is 27.6 Å². The zero-order valence-electron chi connectivity index (χ0n) is 13.3. The number of pyridine rings is 1. The Morgan fingerprint density at radius 1 is 1.45 bits per heavy atom. The second-order valence-corrected chi connectivity index (χ2v) is 6.26. The Kier molecular flexibility index (Phi) is 4.11. The zero-order valence-corrected chi connectivity index (χ0v) is 13.3. The molecule has 0 aliphatic carbocycles. The van der Waals surface area contributed by atoms with E-state index in [2.05, 4.69) is 15.0 Å². The monoisotopic (exact) mass is 302 g/mol. The topological polar surface area (TPSA) is 64.2 Å². The first-order valence-corrected chi connectivity index (χ1v) is 7.77. The highest BCUT2D eigenvalue weighted by Gasteiger charge is 2.30. The first-order chi connectivity index (χ1) is 10.5. The first-order valence-electron chi connectivity index (χ1n) is 7.77. The van der Waals surface area contributed by atoms with Gasteiger partial charge in [0.25, 0.3) is 5.56 Å². The molecule has 0 saturated carbocycles. The number of likely N-dealkylation sites (tertiary alicyclic amines) is 1. The van der Waals surface area contributed by atoms with E-state index in [1.165, 1.54) is 0 Å². The Bertz CT molecular complexity index is 704. The molecule has 0 aromatic carbocycles. The summed E-state index contributed by atoms with van der Waals surface area (Å²) in [5, 5.41) is 4.15. The van der Waals surface area contributed by atoms with Crippen molar-refractivity contribution in [3.63, 3.8) is 0 Å². The summed E-state index contributed by atoms with van der Waals surface area (Å²) >= 11 is 0. The van der Waals surface area contributed by atoms with E-state index in [9.17, 15) is 4.79 Å². The van der Waals surface area contributed by atoms with Crippen molar-refractivity contribution in [3.8, 4) is 0 Å². The predicted molar refractivity (Wildman–Crippen MR) is 82.5 cm³/mol. The first kappa shape index (κ1) is 15.0. The zero-order chi connectivity index (χ0) is 15.7. The van der Waals surface area contributed by atoms with E-state index in [4.69, 9.17) is 4.52 Å². The summed E-state index contributed by atoms with van der Waals surface area (Å²) in [5.74, 6) is 1.70. The van der Waals surface area contributed by atoms with E-state index in [0.717, 1.165) is 37.3 Å². The van der Waals surface area contributed by atoms with Gasteiger partial charge in [-0.2, -0.15) is 4.98 Å². The molecule has 0 spiro atoms. The molecule has 3 heterocycles. The van der Waals surface area contributed by atoms with Gasteiger partial charge in [0.05, 0.1) is 6.04 Å². The molecule has 0 amide bonds. The minimum atomic E-state index is 0.0231. The van der Waals surface area contributed by atoms with E-state index in [-0.39, 0.29) is 17.5 Å². The molecule has 0 unspecified atom stereocenters. The molecule has 0 radical (unpaired) electrons. The molecule has 3 rings (SSSR count). The van der Waals surface area contributed by atoms with E-state index < -0.39 is 0 Å². The van der Waals surface area contributed by atoms with E-state index in [1.54, 1.807) is 17.7 Å². The van der Waals surface area contributed by atoms with Crippen LogP contribution in [0.4, 0.5) is 0 Å². The van der Waals surface area contributed by atoms with Crippen molar-refractivity contribution in [2.45, 2.75) is 45.2 Å². The smallest absolute Gasteiger partial charge is 0.250 e. The van der Waals surface area contributed by atoms with Crippen LogP contribution in [0, 0.1) is 0 Å². The molecule has 1 aliphatic heterocycles. The van der Waals surface area contributed by atoms with Crippen molar-refractivity contribution in [3.05, 3.63) is 46.0 Å². The second kappa shape index (κ2) is 6.04. The van der Waals surface area contributed by atoms with Gasteiger partial charge in [-0.3, -0.25) is 9.69 Å². The molecule has 6 heteroatoms. The molecule has 1 aliphatic rings. The maximum atomic E-state index is 11.7. The maximum Gasteiger partial charge on any atom is 0.250 e. The van der Waals surface area contributed by atoms with Crippen molar-refractivity contribution in [1.82, 2.24) is 19.6 Å². The fourth-order valence-corrected chi connectivity index (χ4v) is 2.85. The molecule has 1 saturated heterocycles. The molecular weight excluding hydrogens is 280 g/mol. The number of hydrogen-bond donors (Lipinski definition) is 0. The molecule has 118 valence electrons. The van der Waals surface area contributed by atoms with E-state index in [1.807, 2.05) is 26.1 Å². The number of aryl methyl sites for hydroxylation is 1. The molecule has 0 N–H and O–H groups in total. The van der Waals surface area contributed by atoms with Crippen molar-refractivity contribution in [2.75, 3.05) is 6.54 Å². The molecule has 0 bridgehead atoms. The molecular formula is C16H22N4O2. The normalized spacial score (nSPS) is 19.2. The maximum absolute atomic E-state index is 11.7. The molecule has 1 fully saturated rings. The Morgan fingerprint density at radius 2 is 2.27 bits per heavy atom. The summed E-state index contributed by atoms with van der Waals surface area (Å²) < 4.78 is 6.91. The number of hydrogen-bond acceptors (Lipinski definition) is 5. The Labute approximate surface area is 129 Å². The largest absolute Gasteiger partial charge is 0.339 e. The molecule has 1 atom stereocenters. The summed E-state index contributed by atoms with van der Waals surface area (Å²) in [7, 11) is 1.76. The summed E-state index contributed by atoms with van der Waals surface area (Å²) in [6.45, 7) is 5.82. The van der Waals surface area contributed by atoms with Crippen LogP contribution in [0.25, 0.3) is 0 Å². The lowest BCUT2D eigenvalue weighted by molar-refractivity contribution is 0.233.